The highest BCUT2D eigenvalue weighted by molar-refractivity contribution is 6.34. The van der Waals surface area contributed by atoms with Crippen molar-refractivity contribution in [3.8, 4) is 11.1 Å². The maximum atomic E-state index is 14.6. The Labute approximate surface area is 168 Å². The summed E-state index contributed by atoms with van der Waals surface area (Å²) in [7, 11) is 0. The lowest BCUT2D eigenvalue weighted by atomic mass is 10.0. The number of rotatable bonds is 5. The van der Waals surface area contributed by atoms with Crippen molar-refractivity contribution in [2.24, 2.45) is 0 Å². The highest BCUT2D eigenvalue weighted by Crippen LogP contribution is 2.34. The van der Waals surface area contributed by atoms with Gasteiger partial charge in [0, 0.05) is 35.5 Å². The Balaban J connectivity index is 1.70. The lowest BCUT2D eigenvalue weighted by Gasteiger charge is -2.19. The van der Waals surface area contributed by atoms with E-state index in [1.807, 2.05) is 55.1 Å². The molecule has 4 aromatic rings. The van der Waals surface area contributed by atoms with E-state index < -0.39 is 0 Å². The van der Waals surface area contributed by atoms with Crippen molar-refractivity contribution in [3.63, 3.8) is 0 Å². The first-order valence-corrected chi connectivity index (χ1v) is 9.56. The first kappa shape index (κ1) is 18.4. The van der Waals surface area contributed by atoms with Gasteiger partial charge in [0.15, 0.2) is 0 Å². The van der Waals surface area contributed by atoms with Crippen LogP contribution in [0, 0.1) is 5.82 Å². The number of hydrogen-bond donors (Lipinski definition) is 1. The second kappa shape index (κ2) is 7.60. The molecule has 1 unspecified atom stereocenters. The van der Waals surface area contributed by atoms with Gasteiger partial charge in [-0.1, -0.05) is 35.9 Å². The number of hydrogen-bond acceptors (Lipinski definition) is 3. The average molecular weight is 395 g/mol. The number of anilines is 1. The Kier molecular flexibility index (Phi) is 5.01. The predicted molar refractivity (Wildman–Crippen MR) is 112 cm³/mol. The summed E-state index contributed by atoms with van der Waals surface area (Å²) in [5.41, 5.74) is 4.04. The third-order valence-corrected chi connectivity index (χ3v) is 5.13. The van der Waals surface area contributed by atoms with Gasteiger partial charge in [0.25, 0.3) is 0 Å². The number of fused-ring (bicyclic) bond motifs is 1. The van der Waals surface area contributed by atoms with Crippen molar-refractivity contribution in [2.45, 2.75) is 26.4 Å². The maximum Gasteiger partial charge on any atom is 0.128 e. The number of benzene rings is 2. The Morgan fingerprint density at radius 2 is 1.96 bits per heavy atom. The van der Waals surface area contributed by atoms with Crippen LogP contribution in [0.4, 0.5) is 10.1 Å². The van der Waals surface area contributed by atoms with Crippen molar-refractivity contribution < 1.29 is 4.39 Å². The summed E-state index contributed by atoms with van der Waals surface area (Å²) >= 11 is 6.39. The van der Waals surface area contributed by atoms with E-state index in [4.69, 9.17) is 11.6 Å². The molecule has 142 valence electrons. The monoisotopic (exact) mass is 394 g/mol. The Bertz CT molecular complexity index is 1140. The van der Waals surface area contributed by atoms with E-state index in [-0.39, 0.29) is 11.9 Å². The minimum Gasteiger partial charge on any atom is -0.377 e. The molecular formula is C22H20ClFN4. The van der Waals surface area contributed by atoms with E-state index in [0.717, 1.165) is 34.3 Å². The predicted octanol–water partition coefficient (Wildman–Crippen LogP) is 6.08. The van der Waals surface area contributed by atoms with Crippen LogP contribution in [0.5, 0.6) is 0 Å². The van der Waals surface area contributed by atoms with Crippen LogP contribution in [0.15, 0.2) is 61.1 Å². The van der Waals surface area contributed by atoms with Gasteiger partial charge in [-0.2, -0.15) is 5.10 Å². The zero-order valence-electron chi connectivity index (χ0n) is 15.7. The standard InChI is InChI=1S/C22H20ClFN4/c1-3-28-13-16(11-26-28)15-8-9-20(24)18(10-15)14(2)27-22-17-6-4-5-7-21(17)25-12-19(22)23/h4-14H,3H2,1-2H3,(H,25,27). The summed E-state index contributed by atoms with van der Waals surface area (Å²) < 4.78 is 16.5. The SMILES string of the molecule is CCn1cc(-c2ccc(F)c(C(C)Nc3c(Cl)cnc4ccccc34)c2)cn1. The Morgan fingerprint density at radius 3 is 2.75 bits per heavy atom. The fourth-order valence-electron chi connectivity index (χ4n) is 3.30. The first-order valence-electron chi connectivity index (χ1n) is 9.19. The molecule has 4 rings (SSSR count). The van der Waals surface area contributed by atoms with Crippen LogP contribution in [0.25, 0.3) is 22.0 Å². The van der Waals surface area contributed by atoms with Crippen molar-refractivity contribution in [2.75, 3.05) is 5.32 Å². The fourth-order valence-corrected chi connectivity index (χ4v) is 3.50. The lowest BCUT2D eigenvalue weighted by Crippen LogP contribution is -2.10. The summed E-state index contributed by atoms with van der Waals surface area (Å²) in [6.07, 6.45) is 5.37. The first-order chi connectivity index (χ1) is 13.6. The fraction of sp³-hybridized carbons (Fsp3) is 0.182. The molecule has 0 saturated carbocycles. The number of nitrogens with one attached hydrogen (secondary N) is 1. The van der Waals surface area contributed by atoms with Gasteiger partial charge >= 0.3 is 0 Å². The van der Waals surface area contributed by atoms with Gasteiger partial charge < -0.3 is 5.32 Å². The van der Waals surface area contributed by atoms with Gasteiger partial charge in [-0.15, -0.1) is 0 Å². The molecule has 0 spiro atoms. The molecule has 2 aromatic carbocycles. The van der Waals surface area contributed by atoms with Crippen LogP contribution in [-0.2, 0) is 6.54 Å². The molecule has 0 aliphatic rings. The van der Waals surface area contributed by atoms with Gasteiger partial charge in [0.1, 0.15) is 5.82 Å². The highest BCUT2D eigenvalue weighted by atomic mass is 35.5. The van der Waals surface area contributed by atoms with Gasteiger partial charge in [0.05, 0.1) is 28.5 Å². The second-order valence-corrected chi connectivity index (χ2v) is 7.09. The van der Waals surface area contributed by atoms with E-state index in [0.29, 0.717) is 10.6 Å². The summed E-state index contributed by atoms with van der Waals surface area (Å²) in [6, 6.07) is 12.6. The topological polar surface area (TPSA) is 42.7 Å². The van der Waals surface area contributed by atoms with Crippen LogP contribution in [0.1, 0.15) is 25.5 Å². The van der Waals surface area contributed by atoms with Gasteiger partial charge in [-0.25, -0.2) is 4.39 Å². The summed E-state index contributed by atoms with van der Waals surface area (Å²) in [5.74, 6) is -0.263. The van der Waals surface area contributed by atoms with Crippen LogP contribution in [0.3, 0.4) is 0 Å². The second-order valence-electron chi connectivity index (χ2n) is 6.69. The van der Waals surface area contributed by atoms with Crippen LogP contribution in [0.2, 0.25) is 5.02 Å². The highest BCUT2D eigenvalue weighted by Gasteiger charge is 2.16. The molecule has 6 heteroatoms. The van der Waals surface area contributed by atoms with Gasteiger partial charge in [-0.3, -0.25) is 9.67 Å². The van der Waals surface area contributed by atoms with E-state index in [9.17, 15) is 4.39 Å². The minimum atomic E-state index is -0.288. The molecule has 4 nitrogen and oxygen atoms in total. The summed E-state index contributed by atoms with van der Waals surface area (Å²) in [4.78, 5) is 4.35. The van der Waals surface area contributed by atoms with Crippen molar-refractivity contribution >= 4 is 28.2 Å². The third-order valence-electron chi connectivity index (χ3n) is 4.84. The number of para-hydroxylation sites is 1. The molecule has 0 saturated heterocycles. The Hall–Kier alpha value is -2.92. The van der Waals surface area contributed by atoms with E-state index in [1.165, 1.54) is 6.07 Å². The summed E-state index contributed by atoms with van der Waals surface area (Å²) in [6.45, 7) is 4.74. The zero-order valence-corrected chi connectivity index (χ0v) is 16.4. The number of nitrogens with zero attached hydrogens (tertiary/aromatic N) is 3. The Morgan fingerprint density at radius 1 is 1.14 bits per heavy atom. The molecular weight excluding hydrogens is 375 g/mol. The normalized spacial score (nSPS) is 12.3. The molecule has 0 fully saturated rings. The molecule has 2 aromatic heterocycles. The number of pyridine rings is 1. The molecule has 1 atom stereocenters. The molecule has 0 amide bonds. The van der Waals surface area contributed by atoms with E-state index in [2.05, 4.69) is 15.4 Å². The minimum absolute atomic E-state index is 0.263. The summed E-state index contributed by atoms with van der Waals surface area (Å²) in [5, 5.41) is 9.09. The van der Waals surface area contributed by atoms with E-state index >= 15 is 0 Å². The molecule has 0 aliphatic heterocycles. The number of aryl methyl sites for hydroxylation is 1. The smallest absolute Gasteiger partial charge is 0.128 e. The molecule has 28 heavy (non-hydrogen) atoms. The third kappa shape index (κ3) is 3.45. The van der Waals surface area contributed by atoms with Crippen LogP contribution in [-0.4, -0.2) is 14.8 Å². The van der Waals surface area contributed by atoms with Crippen LogP contribution >= 0.6 is 11.6 Å². The number of aromatic nitrogens is 3. The maximum absolute atomic E-state index is 14.6. The average Bonchev–Trinajstić information content (AvgIpc) is 3.19. The molecule has 0 radical (unpaired) electrons. The molecule has 0 aliphatic carbocycles. The van der Waals surface area contributed by atoms with E-state index in [1.54, 1.807) is 18.5 Å². The largest absolute Gasteiger partial charge is 0.377 e. The van der Waals surface area contributed by atoms with Crippen molar-refractivity contribution in [1.82, 2.24) is 14.8 Å². The van der Waals surface area contributed by atoms with Crippen LogP contribution < -0.4 is 5.32 Å². The number of halogens is 2. The molecule has 2 heterocycles. The quantitative estimate of drug-likeness (QED) is 0.445. The molecule has 0 bridgehead atoms. The van der Waals surface area contributed by atoms with Crippen molar-refractivity contribution in [3.05, 3.63) is 77.5 Å². The zero-order chi connectivity index (χ0) is 19.7. The van der Waals surface area contributed by atoms with Gasteiger partial charge in [-0.05, 0) is 37.6 Å². The molecule has 1 N–H and O–H groups in total. The van der Waals surface area contributed by atoms with Crippen molar-refractivity contribution in [1.29, 1.82) is 0 Å². The lowest BCUT2D eigenvalue weighted by molar-refractivity contribution is 0.600. The van der Waals surface area contributed by atoms with Gasteiger partial charge in [0.2, 0.25) is 0 Å².